The van der Waals surface area contributed by atoms with Gasteiger partial charge in [-0.05, 0) is 37.0 Å². The Morgan fingerprint density at radius 2 is 1.81 bits per heavy atom. The summed E-state index contributed by atoms with van der Waals surface area (Å²) in [5, 5.41) is 3.59. The van der Waals surface area contributed by atoms with Gasteiger partial charge >= 0.3 is 11.1 Å². The summed E-state index contributed by atoms with van der Waals surface area (Å²) < 4.78 is 0. The van der Waals surface area contributed by atoms with Crippen LogP contribution in [0, 0.1) is 5.92 Å². The summed E-state index contributed by atoms with van der Waals surface area (Å²) in [5.74, 6) is 0.712. The fourth-order valence-corrected chi connectivity index (χ4v) is 3.31. The minimum Gasteiger partial charge on any atom is -0.382 e. The molecule has 1 aromatic carbocycles. The van der Waals surface area contributed by atoms with Gasteiger partial charge in [-0.3, -0.25) is 9.59 Å². The second-order valence-corrected chi connectivity index (χ2v) is 5.87. The highest BCUT2D eigenvalue weighted by Gasteiger charge is 2.23. The van der Waals surface area contributed by atoms with Crippen LogP contribution in [-0.4, -0.2) is 16.0 Å². The Morgan fingerprint density at radius 1 is 1.10 bits per heavy atom. The number of hydrogen-bond donors (Lipinski definition) is 3. The van der Waals surface area contributed by atoms with Crippen LogP contribution in [-0.2, 0) is 0 Å². The molecule has 1 aliphatic carbocycles. The van der Waals surface area contributed by atoms with E-state index in [4.69, 9.17) is 0 Å². The zero-order valence-electron chi connectivity index (χ0n) is 12.2. The van der Waals surface area contributed by atoms with Crippen LogP contribution < -0.4 is 16.4 Å². The van der Waals surface area contributed by atoms with Crippen LogP contribution in [0.3, 0.4) is 0 Å². The molecule has 5 nitrogen and oxygen atoms in total. The second-order valence-electron chi connectivity index (χ2n) is 5.87. The molecule has 112 valence electrons. The maximum absolute atomic E-state index is 11.4. The Hall–Kier alpha value is -2.04. The van der Waals surface area contributed by atoms with Gasteiger partial charge in [-0.15, -0.1) is 0 Å². The molecule has 3 rings (SSSR count). The largest absolute Gasteiger partial charge is 0.382 e. The van der Waals surface area contributed by atoms with Gasteiger partial charge in [-0.25, -0.2) is 0 Å². The lowest BCUT2D eigenvalue weighted by atomic mass is 9.83. The predicted octanol–water partition coefficient (Wildman–Crippen LogP) is 2.60. The Morgan fingerprint density at radius 3 is 2.57 bits per heavy atom. The van der Waals surface area contributed by atoms with Crippen molar-refractivity contribution >= 4 is 16.7 Å². The molecule has 1 fully saturated rings. The monoisotopic (exact) mass is 287 g/mol. The first kappa shape index (κ1) is 13.9. The van der Waals surface area contributed by atoms with Gasteiger partial charge in [0.05, 0.1) is 11.0 Å². The molecule has 2 atom stereocenters. The van der Waals surface area contributed by atoms with Crippen LogP contribution in [0.25, 0.3) is 11.0 Å². The summed E-state index contributed by atoms with van der Waals surface area (Å²) in [5.41, 5.74) is 1.09. The van der Waals surface area contributed by atoms with E-state index in [0.29, 0.717) is 23.0 Å². The predicted molar refractivity (Wildman–Crippen MR) is 84.8 cm³/mol. The molecule has 1 saturated carbocycles. The molecule has 0 saturated heterocycles. The molecule has 0 spiro atoms. The lowest BCUT2D eigenvalue weighted by Gasteiger charge is -2.32. The molecule has 0 radical (unpaired) electrons. The molecule has 0 amide bonds. The van der Waals surface area contributed by atoms with Crippen molar-refractivity contribution in [1.29, 1.82) is 0 Å². The van der Waals surface area contributed by atoms with Crippen LogP contribution in [0.4, 0.5) is 5.69 Å². The summed E-state index contributed by atoms with van der Waals surface area (Å²) in [6.07, 6.45) is 6.26. The van der Waals surface area contributed by atoms with Gasteiger partial charge in [0.25, 0.3) is 0 Å². The van der Waals surface area contributed by atoms with E-state index in [1.807, 2.05) is 18.2 Å². The molecule has 1 aromatic heterocycles. The molecule has 1 aliphatic rings. The number of H-pyrrole nitrogens is 2. The van der Waals surface area contributed by atoms with Crippen LogP contribution in [0.15, 0.2) is 27.8 Å². The highest BCUT2D eigenvalue weighted by Crippen LogP contribution is 2.29. The first-order chi connectivity index (χ1) is 10.2. The molecule has 21 heavy (non-hydrogen) atoms. The first-order valence-corrected chi connectivity index (χ1v) is 7.70. The minimum atomic E-state index is -0.610. The number of hydrogen-bond acceptors (Lipinski definition) is 3. The molecule has 3 N–H and O–H groups in total. The second kappa shape index (κ2) is 5.76. The fourth-order valence-electron chi connectivity index (χ4n) is 3.31. The van der Waals surface area contributed by atoms with Gasteiger partial charge in [-0.2, -0.15) is 0 Å². The van der Waals surface area contributed by atoms with E-state index in [-0.39, 0.29) is 0 Å². The van der Waals surface area contributed by atoms with Crippen LogP contribution in [0.5, 0.6) is 0 Å². The van der Waals surface area contributed by atoms with E-state index in [9.17, 15) is 9.59 Å². The van der Waals surface area contributed by atoms with Crippen molar-refractivity contribution in [2.24, 2.45) is 5.92 Å². The third kappa shape index (κ3) is 2.86. The maximum Gasteiger partial charge on any atom is 0.314 e. The van der Waals surface area contributed by atoms with Crippen molar-refractivity contribution in [3.63, 3.8) is 0 Å². The Kier molecular flexibility index (Phi) is 3.82. The van der Waals surface area contributed by atoms with E-state index < -0.39 is 11.1 Å². The van der Waals surface area contributed by atoms with Crippen molar-refractivity contribution in [2.45, 2.75) is 45.1 Å². The third-order valence-corrected chi connectivity index (χ3v) is 4.51. The topological polar surface area (TPSA) is 77.8 Å². The molecular formula is C16H21N3O2. The van der Waals surface area contributed by atoms with Crippen molar-refractivity contribution in [3.8, 4) is 0 Å². The summed E-state index contributed by atoms with van der Waals surface area (Å²) in [6, 6.07) is 6.18. The van der Waals surface area contributed by atoms with Crippen molar-refractivity contribution < 1.29 is 0 Å². The normalized spacial score (nSPS) is 22.3. The van der Waals surface area contributed by atoms with Crippen molar-refractivity contribution in [2.75, 3.05) is 5.32 Å². The average Bonchev–Trinajstić information content (AvgIpc) is 2.49. The SMILES string of the molecule is CCC1CCCCC1Nc1ccc2[nH]c(=O)c(=O)[nH]c2c1. The van der Waals surface area contributed by atoms with Crippen LogP contribution in [0.1, 0.15) is 39.0 Å². The Bertz CT molecular complexity index is 747. The number of aromatic amines is 2. The van der Waals surface area contributed by atoms with Crippen molar-refractivity contribution in [3.05, 3.63) is 38.9 Å². The fraction of sp³-hybridized carbons (Fsp3) is 0.500. The van der Waals surface area contributed by atoms with Gasteiger partial charge in [0.15, 0.2) is 0 Å². The molecule has 2 aromatic rings. The van der Waals surface area contributed by atoms with Crippen LogP contribution in [0.2, 0.25) is 0 Å². The van der Waals surface area contributed by atoms with E-state index in [1.54, 1.807) is 0 Å². The van der Waals surface area contributed by atoms with Crippen LogP contribution >= 0.6 is 0 Å². The average molecular weight is 287 g/mol. The molecule has 0 aliphatic heterocycles. The number of nitrogens with one attached hydrogen (secondary N) is 3. The van der Waals surface area contributed by atoms with E-state index >= 15 is 0 Å². The number of anilines is 1. The summed E-state index contributed by atoms with van der Waals surface area (Å²) in [6.45, 7) is 2.24. The van der Waals surface area contributed by atoms with E-state index in [1.165, 1.54) is 32.1 Å². The molecular weight excluding hydrogens is 266 g/mol. The number of rotatable bonds is 3. The lowest BCUT2D eigenvalue weighted by molar-refractivity contribution is 0.317. The number of benzene rings is 1. The summed E-state index contributed by atoms with van der Waals surface area (Å²) >= 11 is 0. The highest BCUT2D eigenvalue weighted by molar-refractivity contribution is 5.78. The molecule has 5 heteroatoms. The Labute approximate surface area is 122 Å². The quantitative estimate of drug-likeness (QED) is 0.759. The zero-order chi connectivity index (χ0) is 14.8. The third-order valence-electron chi connectivity index (χ3n) is 4.51. The number of fused-ring (bicyclic) bond motifs is 1. The maximum atomic E-state index is 11.4. The lowest BCUT2D eigenvalue weighted by Crippen LogP contribution is -2.32. The zero-order valence-corrected chi connectivity index (χ0v) is 12.2. The summed E-state index contributed by atoms with van der Waals surface area (Å²) in [4.78, 5) is 27.9. The van der Waals surface area contributed by atoms with E-state index in [2.05, 4.69) is 22.2 Å². The Balaban J connectivity index is 1.88. The first-order valence-electron chi connectivity index (χ1n) is 7.70. The van der Waals surface area contributed by atoms with Gasteiger partial charge in [0, 0.05) is 11.7 Å². The summed E-state index contributed by atoms with van der Waals surface area (Å²) in [7, 11) is 0. The van der Waals surface area contributed by atoms with E-state index in [0.717, 1.165) is 5.69 Å². The van der Waals surface area contributed by atoms with Gasteiger partial charge in [0.1, 0.15) is 0 Å². The van der Waals surface area contributed by atoms with Gasteiger partial charge in [-0.1, -0.05) is 26.2 Å². The van der Waals surface area contributed by atoms with Gasteiger partial charge < -0.3 is 15.3 Å². The highest BCUT2D eigenvalue weighted by atomic mass is 16.2. The molecule has 0 bridgehead atoms. The molecule has 2 unspecified atom stereocenters. The smallest absolute Gasteiger partial charge is 0.314 e. The van der Waals surface area contributed by atoms with Gasteiger partial charge in [0.2, 0.25) is 0 Å². The van der Waals surface area contributed by atoms with Crippen molar-refractivity contribution in [1.82, 2.24) is 9.97 Å². The molecule has 1 heterocycles. The number of aromatic nitrogens is 2. The minimum absolute atomic E-state index is 0.496. The standard InChI is InChI=1S/C16H21N3O2/c1-2-10-5-3-4-6-12(10)17-11-7-8-13-14(9-11)19-16(21)15(20)18-13/h7-10,12,17H,2-6H2,1H3,(H,18,20)(H,19,21).